The van der Waals surface area contributed by atoms with Crippen molar-refractivity contribution in [2.75, 3.05) is 45.2 Å². The van der Waals surface area contributed by atoms with Gasteiger partial charge in [-0.1, -0.05) is 30.3 Å². The van der Waals surface area contributed by atoms with Gasteiger partial charge < -0.3 is 10.1 Å². The van der Waals surface area contributed by atoms with E-state index in [9.17, 15) is 4.79 Å². The summed E-state index contributed by atoms with van der Waals surface area (Å²) < 4.78 is 5.32. The number of piperazine rings is 1. The van der Waals surface area contributed by atoms with Gasteiger partial charge in [-0.05, 0) is 37.1 Å². The molecule has 0 bridgehead atoms. The van der Waals surface area contributed by atoms with Crippen LogP contribution in [0.25, 0.3) is 10.6 Å². The van der Waals surface area contributed by atoms with Gasteiger partial charge in [0, 0.05) is 49.4 Å². The minimum absolute atomic E-state index is 0.0540. The van der Waals surface area contributed by atoms with Gasteiger partial charge in [-0.25, -0.2) is 4.98 Å². The summed E-state index contributed by atoms with van der Waals surface area (Å²) in [6.45, 7) is 8.95. The predicted molar refractivity (Wildman–Crippen MR) is 130 cm³/mol. The topological polar surface area (TPSA) is 57.7 Å². The van der Waals surface area contributed by atoms with E-state index in [1.807, 2.05) is 50.2 Å². The Morgan fingerprint density at radius 2 is 1.75 bits per heavy atom. The third kappa shape index (κ3) is 5.54. The Labute approximate surface area is 193 Å². The maximum absolute atomic E-state index is 12.6. The number of hydrogen-bond donors (Lipinski definition) is 1. The van der Waals surface area contributed by atoms with Crippen LogP contribution in [0.15, 0.2) is 47.8 Å². The molecule has 1 aliphatic heterocycles. The van der Waals surface area contributed by atoms with E-state index in [4.69, 9.17) is 9.72 Å². The molecule has 0 unspecified atom stereocenters. The quantitative estimate of drug-likeness (QED) is 0.585. The molecular formula is C25H30N4O2S. The van der Waals surface area contributed by atoms with Gasteiger partial charge in [0.1, 0.15) is 10.8 Å². The standard InChI is InChI=1S/C25H30N4O2S/c1-18-6-4-7-19(2)24(18)27-23(30)16-29-12-10-28(11-13-29)15-21-17-32-25(26-21)20-8-5-9-22(14-20)31-3/h4-9,14,17H,10-13,15-16H2,1-3H3,(H,27,30). The molecule has 1 saturated heterocycles. The highest BCUT2D eigenvalue weighted by molar-refractivity contribution is 7.13. The molecule has 2 heterocycles. The van der Waals surface area contributed by atoms with Crippen molar-refractivity contribution >= 4 is 22.9 Å². The van der Waals surface area contributed by atoms with Crippen LogP contribution in [0, 0.1) is 13.8 Å². The van der Waals surface area contributed by atoms with E-state index in [1.165, 1.54) is 0 Å². The van der Waals surface area contributed by atoms with E-state index < -0.39 is 0 Å². The lowest BCUT2D eigenvalue weighted by molar-refractivity contribution is -0.117. The molecule has 6 nitrogen and oxygen atoms in total. The summed E-state index contributed by atoms with van der Waals surface area (Å²) in [6, 6.07) is 14.1. The van der Waals surface area contributed by atoms with Crippen LogP contribution >= 0.6 is 11.3 Å². The predicted octanol–water partition coefficient (Wildman–Crippen LogP) is 4.19. The van der Waals surface area contributed by atoms with Crippen LogP contribution in [0.2, 0.25) is 0 Å². The van der Waals surface area contributed by atoms with Gasteiger partial charge in [0.05, 0.1) is 19.3 Å². The average Bonchev–Trinajstić information content (AvgIpc) is 3.26. The number of aromatic nitrogens is 1. The number of benzene rings is 2. The fourth-order valence-electron chi connectivity index (χ4n) is 4.00. The number of nitrogens with zero attached hydrogens (tertiary/aromatic N) is 3. The van der Waals surface area contributed by atoms with Crippen molar-refractivity contribution in [3.8, 4) is 16.3 Å². The van der Waals surface area contributed by atoms with Crippen LogP contribution in [0.4, 0.5) is 5.69 Å². The fourth-order valence-corrected chi connectivity index (χ4v) is 4.80. The minimum Gasteiger partial charge on any atom is -0.497 e. The molecule has 2 aromatic carbocycles. The summed E-state index contributed by atoms with van der Waals surface area (Å²) >= 11 is 1.67. The van der Waals surface area contributed by atoms with Crippen LogP contribution in [0.1, 0.15) is 16.8 Å². The molecule has 1 aromatic heterocycles. The number of hydrogen-bond acceptors (Lipinski definition) is 6. The number of carbonyl (C=O) groups is 1. The first-order chi connectivity index (χ1) is 15.5. The molecule has 0 radical (unpaired) electrons. The molecule has 0 spiro atoms. The number of nitrogens with one attached hydrogen (secondary N) is 1. The van der Waals surface area contributed by atoms with Crippen molar-refractivity contribution in [3.63, 3.8) is 0 Å². The highest BCUT2D eigenvalue weighted by Gasteiger charge is 2.20. The Kier molecular flexibility index (Phi) is 7.19. The number of aryl methyl sites for hydroxylation is 2. The summed E-state index contributed by atoms with van der Waals surface area (Å²) in [5.74, 6) is 0.898. The van der Waals surface area contributed by atoms with Crippen LogP contribution in [-0.4, -0.2) is 60.5 Å². The lowest BCUT2D eigenvalue weighted by Crippen LogP contribution is -2.48. The SMILES string of the molecule is COc1cccc(-c2nc(CN3CCN(CC(=O)Nc4c(C)cccc4C)CC3)cs2)c1. The maximum Gasteiger partial charge on any atom is 0.238 e. The largest absolute Gasteiger partial charge is 0.497 e. The highest BCUT2D eigenvalue weighted by atomic mass is 32.1. The van der Waals surface area contributed by atoms with Crippen molar-refractivity contribution in [1.29, 1.82) is 0 Å². The van der Waals surface area contributed by atoms with E-state index in [-0.39, 0.29) is 5.91 Å². The number of ether oxygens (including phenoxy) is 1. The average molecular weight is 451 g/mol. The molecule has 0 saturated carbocycles. The molecule has 1 N–H and O–H groups in total. The molecular weight excluding hydrogens is 420 g/mol. The first-order valence-corrected chi connectivity index (χ1v) is 11.8. The fraction of sp³-hybridized carbons (Fsp3) is 0.360. The van der Waals surface area contributed by atoms with E-state index in [0.29, 0.717) is 6.54 Å². The number of para-hydroxylation sites is 1. The smallest absolute Gasteiger partial charge is 0.238 e. The maximum atomic E-state index is 12.6. The second-order valence-corrected chi connectivity index (χ2v) is 9.10. The lowest BCUT2D eigenvalue weighted by Gasteiger charge is -2.33. The second-order valence-electron chi connectivity index (χ2n) is 8.24. The zero-order valence-corrected chi connectivity index (χ0v) is 19.7. The summed E-state index contributed by atoms with van der Waals surface area (Å²) in [5, 5.41) is 6.24. The van der Waals surface area contributed by atoms with Crippen LogP contribution in [0.3, 0.4) is 0 Å². The Morgan fingerprint density at radius 3 is 2.47 bits per heavy atom. The number of carbonyl (C=O) groups excluding carboxylic acids is 1. The number of thiazole rings is 1. The Morgan fingerprint density at radius 1 is 1.06 bits per heavy atom. The van der Waals surface area contributed by atoms with Crippen molar-refractivity contribution in [1.82, 2.24) is 14.8 Å². The molecule has 1 fully saturated rings. The van der Waals surface area contributed by atoms with Gasteiger partial charge in [-0.15, -0.1) is 11.3 Å². The van der Waals surface area contributed by atoms with Gasteiger partial charge in [0.15, 0.2) is 0 Å². The monoisotopic (exact) mass is 450 g/mol. The second kappa shape index (κ2) is 10.3. The van der Waals surface area contributed by atoms with Gasteiger partial charge in [-0.3, -0.25) is 14.6 Å². The van der Waals surface area contributed by atoms with Crippen LogP contribution in [0.5, 0.6) is 5.75 Å². The molecule has 4 rings (SSSR count). The Balaban J connectivity index is 1.26. The molecule has 0 atom stereocenters. The van der Waals surface area contributed by atoms with Crippen molar-refractivity contribution in [3.05, 3.63) is 64.7 Å². The number of rotatable bonds is 7. The van der Waals surface area contributed by atoms with Gasteiger partial charge in [0.25, 0.3) is 0 Å². The number of methoxy groups -OCH3 is 1. The van der Waals surface area contributed by atoms with Crippen molar-refractivity contribution in [2.45, 2.75) is 20.4 Å². The number of anilines is 1. The third-order valence-corrected chi connectivity index (χ3v) is 6.77. The van der Waals surface area contributed by atoms with E-state index in [0.717, 1.165) is 71.6 Å². The number of amides is 1. The molecule has 7 heteroatoms. The summed E-state index contributed by atoms with van der Waals surface area (Å²) in [6.07, 6.45) is 0. The van der Waals surface area contributed by atoms with E-state index in [2.05, 4.69) is 26.6 Å². The van der Waals surface area contributed by atoms with Crippen LogP contribution < -0.4 is 10.1 Å². The van der Waals surface area contributed by atoms with Crippen molar-refractivity contribution < 1.29 is 9.53 Å². The molecule has 0 aliphatic carbocycles. The first kappa shape index (κ1) is 22.5. The zero-order valence-electron chi connectivity index (χ0n) is 18.9. The molecule has 32 heavy (non-hydrogen) atoms. The Bertz CT molecular complexity index is 1050. The lowest BCUT2D eigenvalue weighted by atomic mass is 10.1. The van der Waals surface area contributed by atoms with Gasteiger partial charge in [-0.2, -0.15) is 0 Å². The molecule has 168 valence electrons. The van der Waals surface area contributed by atoms with E-state index >= 15 is 0 Å². The first-order valence-electron chi connectivity index (χ1n) is 10.9. The highest BCUT2D eigenvalue weighted by Crippen LogP contribution is 2.27. The zero-order chi connectivity index (χ0) is 22.5. The minimum atomic E-state index is 0.0540. The summed E-state index contributed by atoms with van der Waals surface area (Å²) in [5.41, 5.74) is 5.31. The van der Waals surface area contributed by atoms with Gasteiger partial charge >= 0.3 is 0 Å². The Hall–Kier alpha value is -2.74. The molecule has 3 aromatic rings. The molecule has 1 aliphatic rings. The van der Waals surface area contributed by atoms with Crippen molar-refractivity contribution in [2.24, 2.45) is 0 Å². The summed E-state index contributed by atoms with van der Waals surface area (Å²) in [7, 11) is 1.68. The third-order valence-electron chi connectivity index (χ3n) is 5.83. The van der Waals surface area contributed by atoms with E-state index in [1.54, 1.807) is 18.4 Å². The summed E-state index contributed by atoms with van der Waals surface area (Å²) in [4.78, 5) is 22.0. The molecule has 1 amide bonds. The van der Waals surface area contributed by atoms with Crippen LogP contribution in [-0.2, 0) is 11.3 Å². The normalized spacial score (nSPS) is 15.0. The van der Waals surface area contributed by atoms with Gasteiger partial charge in [0.2, 0.25) is 5.91 Å².